The summed E-state index contributed by atoms with van der Waals surface area (Å²) in [7, 11) is 7.06. The number of nitrogens with one attached hydrogen (secondary N) is 2. The predicted molar refractivity (Wildman–Crippen MR) is 183 cm³/mol. The number of hydrogen-bond donors (Lipinski definition) is 2. The molecule has 10 heteroatoms. The molecule has 10 nitrogen and oxygen atoms in total. The number of hydrogen-bond acceptors (Lipinski definition) is 9. The summed E-state index contributed by atoms with van der Waals surface area (Å²) in [5.74, 6) is 0.151. The third-order valence-corrected chi connectivity index (χ3v) is 5.29. The van der Waals surface area contributed by atoms with Crippen molar-refractivity contribution in [2.75, 3.05) is 61.2 Å². The highest BCUT2D eigenvalue weighted by molar-refractivity contribution is 5.97. The number of nitrogens with zero attached hydrogens (tertiary/aromatic N) is 1. The highest BCUT2D eigenvalue weighted by Gasteiger charge is 2.18. The Morgan fingerprint density at radius 2 is 1.51 bits per heavy atom. The Labute approximate surface area is 270 Å². The molecule has 3 rings (SSSR count). The molecule has 45 heavy (non-hydrogen) atoms. The molecule has 0 bridgehead atoms. The van der Waals surface area contributed by atoms with E-state index in [0.29, 0.717) is 44.0 Å². The van der Waals surface area contributed by atoms with Gasteiger partial charge in [0.25, 0.3) is 5.91 Å². The smallest absolute Gasteiger partial charge is 0.255 e. The van der Waals surface area contributed by atoms with Crippen molar-refractivity contribution < 1.29 is 33.4 Å². The summed E-state index contributed by atoms with van der Waals surface area (Å²) in [4.78, 5) is 43.4. The maximum absolute atomic E-state index is 11.6. The Morgan fingerprint density at radius 1 is 0.911 bits per heavy atom. The van der Waals surface area contributed by atoms with Crippen LogP contribution < -0.4 is 15.4 Å². The highest BCUT2D eigenvalue weighted by atomic mass is 16.5. The lowest BCUT2D eigenvalue weighted by molar-refractivity contribution is -0.111. The number of likely N-dealkylation sites (tertiary alicyclic amines) is 1. The topological polar surface area (TPSA) is 123 Å². The van der Waals surface area contributed by atoms with Crippen LogP contribution in [0.15, 0.2) is 93.1 Å². The molecule has 0 aromatic heterocycles. The summed E-state index contributed by atoms with van der Waals surface area (Å²) in [6, 6.07) is 17.2. The van der Waals surface area contributed by atoms with E-state index in [-0.39, 0.29) is 18.5 Å². The fourth-order valence-electron chi connectivity index (χ4n) is 3.21. The Morgan fingerprint density at radius 3 is 1.91 bits per heavy atom. The number of para-hydroxylation sites is 1. The Hall–Kier alpha value is -4.22. The molecule has 2 aromatic carbocycles. The molecule has 0 radical (unpaired) electrons. The average Bonchev–Trinajstić information content (AvgIpc) is 3.51. The molecule has 0 spiro atoms. The monoisotopic (exact) mass is 627 g/mol. The van der Waals surface area contributed by atoms with Crippen LogP contribution >= 0.6 is 0 Å². The van der Waals surface area contributed by atoms with Gasteiger partial charge in [0, 0.05) is 14.2 Å². The van der Waals surface area contributed by atoms with Gasteiger partial charge >= 0.3 is 0 Å². The van der Waals surface area contributed by atoms with Crippen LogP contribution in [-0.2, 0) is 30.5 Å². The van der Waals surface area contributed by atoms with E-state index in [4.69, 9.17) is 9.47 Å². The number of benzene rings is 2. The van der Waals surface area contributed by atoms with Crippen molar-refractivity contribution >= 4 is 24.8 Å². The molecule has 1 unspecified atom stereocenters. The van der Waals surface area contributed by atoms with Gasteiger partial charge in [0.1, 0.15) is 31.2 Å². The first kappa shape index (κ1) is 45.2. The van der Waals surface area contributed by atoms with Crippen LogP contribution in [0.25, 0.3) is 0 Å². The largest absolute Gasteiger partial charge is 0.489 e. The predicted octanol–water partition coefficient (Wildman–Crippen LogP) is 4.32. The zero-order valence-corrected chi connectivity index (χ0v) is 27.5. The number of ether oxygens (including phenoxy) is 3. The fourth-order valence-corrected chi connectivity index (χ4v) is 3.21. The number of amides is 1. The van der Waals surface area contributed by atoms with Gasteiger partial charge in [0.05, 0.1) is 37.9 Å². The van der Waals surface area contributed by atoms with Crippen molar-refractivity contribution in [1.82, 2.24) is 15.5 Å². The van der Waals surface area contributed by atoms with E-state index >= 15 is 0 Å². The second kappa shape index (κ2) is 36.0. The van der Waals surface area contributed by atoms with Gasteiger partial charge in [-0.3, -0.25) is 9.69 Å². The number of aldehydes is 3. The Balaban J connectivity index is -0.000000521. The first-order chi connectivity index (χ1) is 21.9. The summed E-state index contributed by atoms with van der Waals surface area (Å²) in [6.45, 7) is 16.2. The molecule has 1 amide bonds. The zero-order chi connectivity index (χ0) is 34.6. The van der Waals surface area contributed by atoms with Crippen molar-refractivity contribution in [2.45, 2.75) is 25.5 Å². The van der Waals surface area contributed by atoms with Crippen LogP contribution in [0.3, 0.4) is 0 Å². The van der Waals surface area contributed by atoms with Crippen LogP contribution in [0, 0.1) is 0 Å². The van der Waals surface area contributed by atoms with E-state index in [1.54, 1.807) is 57.7 Å². The van der Waals surface area contributed by atoms with Crippen LogP contribution in [-0.4, -0.2) is 96.9 Å². The van der Waals surface area contributed by atoms with Gasteiger partial charge in [-0.15, -0.1) is 19.7 Å². The lowest BCUT2D eigenvalue weighted by Gasteiger charge is -2.10. The lowest BCUT2D eigenvalue weighted by Crippen LogP contribution is -2.25. The number of carbonyl (C=O) groups is 4. The molecule has 1 saturated heterocycles. The van der Waals surface area contributed by atoms with Crippen LogP contribution in [0.5, 0.6) is 5.75 Å². The number of carbonyl (C=O) groups excluding carboxylic acids is 4. The summed E-state index contributed by atoms with van der Waals surface area (Å²) >= 11 is 0. The number of likely N-dealkylation sites (N-methyl/N-ethyl adjacent to an activating group) is 2. The number of rotatable bonds is 13. The molecule has 1 heterocycles. The third-order valence-electron chi connectivity index (χ3n) is 5.29. The normalized spacial score (nSPS) is 12.4. The second-order valence-corrected chi connectivity index (χ2v) is 8.69. The molecule has 1 aliphatic rings. The first-order valence-corrected chi connectivity index (χ1v) is 14.3. The molecule has 250 valence electrons. The molecule has 0 aliphatic carbocycles. The maximum atomic E-state index is 11.6. The Bertz CT molecular complexity index is 1010. The molecule has 0 saturated carbocycles. The van der Waals surface area contributed by atoms with Crippen molar-refractivity contribution in [3.63, 3.8) is 0 Å². The van der Waals surface area contributed by atoms with Gasteiger partial charge in [0.15, 0.2) is 0 Å². The van der Waals surface area contributed by atoms with E-state index in [1.807, 2.05) is 37.4 Å². The maximum Gasteiger partial charge on any atom is 0.255 e. The van der Waals surface area contributed by atoms with Crippen molar-refractivity contribution in [3.05, 3.63) is 104 Å². The fraction of sp³-hybridized carbons (Fsp3) is 0.371. The third kappa shape index (κ3) is 27.1. The van der Waals surface area contributed by atoms with Gasteiger partial charge in [-0.25, -0.2) is 0 Å². The molecular weight excluding hydrogens is 574 g/mol. The van der Waals surface area contributed by atoms with E-state index in [1.165, 1.54) is 12.0 Å². The van der Waals surface area contributed by atoms with Crippen molar-refractivity contribution in [3.8, 4) is 5.75 Å². The minimum absolute atomic E-state index is 0.00533. The minimum Gasteiger partial charge on any atom is -0.489 e. The van der Waals surface area contributed by atoms with Crippen molar-refractivity contribution in [2.24, 2.45) is 0 Å². The molecule has 2 N–H and O–H groups in total. The van der Waals surface area contributed by atoms with Gasteiger partial charge < -0.3 is 39.2 Å². The molecule has 1 fully saturated rings. The van der Waals surface area contributed by atoms with Crippen LogP contribution in [0.2, 0.25) is 0 Å². The summed E-state index contributed by atoms with van der Waals surface area (Å²) in [6.07, 6.45) is 8.03. The van der Waals surface area contributed by atoms with Gasteiger partial charge in [0.2, 0.25) is 0 Å². The van der Waals surface area contributed by atoms with Gasteiger partial charge in [-0.05, 0) is 51.2 Å². The first-order valence-electron chi connectivity index (χ1n) is 14.3. The highest BCUT2D eigenvalue weighted by Crippen LogP contribution is 2.17. The van der Waals surface area contributed by atoms with E-state index in [0.717, 1.165) is 25.5 Å². The van der Waals surface area contributed by atoms with Crippen LogP contribution in [0.1, 0.15) is 28.8 Å². The minimum atomic E-state index is -0.327. The van der Waals surface area contributed by atoms with Crippen LogP contribution in [0.4, 0.5) is 0 Å². The van der Waals surface area contributed by atoms with E-state index < -0.39 is 0 Å². The van der Waals surface area contributed by atoms with Gasteiger partial charge in [-0.1, -0.05) is 61.2 Å². The summed E-state index contributed by atoms with van der Waals surface area (Å²) < 4.78 is 14.8. The summed E-state index contributed by atoms with van der Waals surface area (Å²) in [5, 5.41) is 5.10. The van der Waals surface area contributed by atoms with E-state index in [9.17, 15) is 19.2 Å². The SMILES string of the molecule is C=C.C=CCOC.C=CCOc1ccccc1C(=O)NCC=O.CN1CCCC1C=O.CNCC=O.COCc1ccccc1. The zero-order valence-electron chi connectivity index (χ0n) is 27.5. The Kier molecular flexibility index (Phi) is 36.1. The molecule has 1 atom stereocenters. The average molecular weight is 628 g/mol. The molecular formula is C35H53N3O7. The number of methoxy groups -OCH3 is 2. The van der Waals surface area contributed by atoms with Gasteiger partial charge in [-0.2, -0.15) is 0 Å². The quantitative estimate of drug-likeness (QED) is 0.247. The van der Waals surface area contributed by atoms with Crippen molar-refractivity contribution in [1.29, 1.82) is 0 Å². The molecule has 1 aliphatic heterocycles. The lowest BCUT2D eigenvalue weighted by atomic mass is 10.2. The van der Waals surface area contributed by atoms with E-state index in [2.05, 4.69) is 46.6 Å². The summed E-state index contributed by atoms with van der Waals surface area (Å²) in [5.41, 5.74) is 1.63. The second-order valence-electron chi connectivity index (χ2n) is 8.69. The standard InChI is InChI=1S/C12H13NO3.C8H10O.C6H11NO.C4H8O.C3H7NO.C2H4/c1-2-9-16-11-6-4-3-5-10(11)12(15)13-7-8-14;1-9-7-8-5-3-2-4-6-8;1-7-4-2-3-6(7)5-8;1-3-4-5-2;1-4-2-3-5;1-2/h2-6,8H,1,7,9H2,(H,13,15);2-6H,7H2,1H3;5-6H,2-4H2,1H3;3H,1,4H2,2H3;3-4H,2H2,1H3;1-2H2. The molecule has 2 aromatic rings.